The molecule has 0 aliphatic rings. The summed E-state index contributed by atoms with van der Waals surface area (Å²) in [5.74, 6) is 0.685. The van der Waals surface area contributed by atoms with Gasteiger partial charge in [0.2, 0.25) is 0 Å². The second-order valence-electron chi connectivity index (χ2n) is 5.69. The fourth-order valence-corrected chi connectivity index (χ4v) is 2.68. The molecule has 0 atom stereocenters. The molecule has 4 aromatic rings. The summed E-state index contributed by atoms with van der Waals surface area (Å²) in [6.07, 6.45) is 0. The van der Waals surface area contributed by atoms with Crippen molar-refractivity contribution < 1.29 is 26.2 Å². The Morgan fingerprint density at radius 3 is 1.73 bits per heavy atom. The zero-order chi connectivity index (χ0) is 14.7. The van der Waals surface area contributed by atoms with Crippen LogP contribution in [0.3, 0.4) is 0 Å². The van der Waals surface area contributed by atoms with Crippen molar-refractivity contribution in [1.29, 1.82) is 0 Å². The summed E-state index contributed by atoms with van der Waals surface area (Å²) >= 11 is 0. The van der Waals surface area contributed by atoms with Crippen molar-refractivity contribution in [3.8, 4) is 0 Å². The topological polar surface area (TPSA) is 0 Å². The summed E-state index contributed by atoms with van der Waals surface area (Å²) in [5.41, 5.74) is 1.44. The Morgan fingerprint density at radius 2 is 1.32 bits per heavy atom. The van der Waals surface area contributed by atoms with Gasteiger partial charge in [-0.25, -0.2) is 6.07 Å². The molecule has 0 amide bonds. The van der Waals surface area contributed by atoms with Gasteiger partial charge in [0, 0.05) is 0 Å². The Morgan fingerprint density at radius 1 is 0.773 bits per heavy atom. The van der Waals surface area contributed by atoms with Gasteiger partial charge in [-0.1, -0.05) is 56.2 Å². The van der Waals surface area contributed by atoms with E-state index < -0.39 is 0 Å². The van der Waals surface area contributed by atoms with Crippen LogP contribution in [-0.2, 0) is 26.2 Å². The zero-order valence-corrected chi connectivity index (χ0v) is 15.5. The van der Waals surface area contributed by atoms with Gasteiger partial charge < -0.3 is 0 Å². The van der Waals surface area contributed by atoms with Crippen molar-refractivity contribution in [3.63, 3.8) is 0 Å². The van der Waals surface area contributed by atoms with Crippen LogP contribution in [0.4, 0.5) is 0 Å². The SMILES string of the molecule is CC(C)c1cc[cH-]c1.[Zr+2].c1ccc2c(c1)[cH-]c1ccccc12. The standard InChI is InChI=1S/C13H9.C8H11.Zr/c1-3-7-12-10(5-1)9-11-6-2-4-8-13(11)12;1-7(2)8-5-3-4-6-8;/h1-9H;3-7H,1-2H3;/q2*-1;+2. The molecule has 0 saturated carbocycles. The average molecular weight is 364 g/mol. The van der Waals surface area contributed by atoms with Gasteiger partial charge in [-0.3, -0.25) is 0 Å². The maximum atomic E-state index is 2.24. The maximum Gasteiger partial charge on any atom is 2.00 e. The van der Waals surface area contributed by atoms with Crippen LogP contribution in [0, 0.1) is 0 Å². The summed E-state index contributed by atoms with van der Waals surface area (Å²) in [6, 6.07) is 27.7. The molecule has 0 fully saturated rings. The smallest absolute Gasteiger partial charge is 0.210 e. The van der Waals surface area contributed by atoms with Gasteiger partial charge in [-0.2, -0.15) is 23.8 Å². The van der Waals surface area contributed by atoms with Gasteiger partial charge in [0.25, 0.3) is 0 Å². The largest absolute Gasteiger partial charge is 2.00 e. The summed E-state index contributed by atoms with van der Waals surface area (Å²) < 4.78 is 0. The van der Waals surface area contributed by atoms with Crippen LogP contribution < -0.4 is 0 Å². The molecular formula is C21H20Zr. The number of hydrogen-bond acceptors (Lipinski definition) is 0. The molecule has 0 bridgehead atoms. The van der Waals surface area contributed by atoms with Gasteiger partial charge in [0.15, 0.2) is 0 Å². The Balaban J connectivity index is 0.000000172. The van der Waals surface area contributed by atoms with E-state index >= 15 is 0 Å². The third-order valence-corrected chi connectivity index (χ3v) is 3.88. The summed E-state index contributed by atoms with van der Waals surface area (Å²) in [5, 5.41) is 5.39. The van der Waals surface area contributed by atoms with Crippen LogP contribution in [0.1, 0.15) is 25.3 Å². The molecule has 0 saturated heterocycles. The first-order valence-electron chi connectivity index (χ1n) is 7.50. The van der Waals surface area contributed by atoms with E-state index in [9.17, 15) is 0 Å². The van der Waals surface area contributed by atoms with Crippen molar-refractivity contribution in [2.24, 2.45) is 0 Å². The van der Waals surface area contributed by atoms with Crippen LogP contribution in [0.5, 0.6) is 0 Å². The van der Waals surface area contributed by atoms with Gasteiger partial charge in [-0.05, 0) is 0 Å². The molecule has 0 unspecified atom stereocenters. The molecule has 4 aromatic carbocycles. The second kappa shape index (κ2) is 7.70. The van der Waals surface area contributed by atoms with E-state index in [4.69, 9.17) is 0 Å². The van der Waals surface area contributed by atoms with E-state index in [-0.39, 0.29) is 26.2 Å². The van der Waals surface area contributed by atoms with Crippen LogP contribution in [0.2, 0.25) is 0 Å². The van der Waals surface area contributed by atoms with E-state index in [0.29, 0.717) is 5.92 Å². The minimum atomic E-state index is 0. The van der Waals surface area contributed by atoms with Crippen molar-refractivity contribution in [1.82, 2.24) is 0 Å². The summed E-state index contributed by atoms with van der Waals surface area (Å²) in [7, 11) is 0. The van der Waals surface area contributed by atoms with E-state index in [1.54, 1.807) is 0 Å². The third kappa shape index (κ3) is 3.65. The van der Waals surface area contributed by atoms with Crippen molar-refractivity contribution >= 4 is 21.5 Å². The second-order valence-corrected chi connectivity index (χ2v) is 5.69. The molecule has 4 rings (SSSR count). The van der Waals surface area contributed by atoms with Crippen molar-refractivity contribution in [2.75, 3.05) is 0 Å². The van der Waals surface area contributed by atoms with Gasteiger partial charge in [-0.15, -0.1) is 39.7 Å². The first-order valence-corrected chi connectivity index (χ1v) is 7.50. The number of hydrogen-bond donors (Lipinski definition) is 0. The number of fused-ring (bicyclic) bond motifs is 3. The molecule has 0 spiro atoms. The predicted molar refractivity (Wildman–Crippen MR) is 93.2 cm³/mol. The van der Waals surface area contributed by atoms with Gasteiger partial charge in [0.05, 0.1) is 0 Å². The predicted octanol–water partition coefficient (Wildman–Crippen LogP) is 6.24. The molecule has 1 heteroatoms. The molecular weight excluding hydrogens is 343 g/mol. The van der Waals surface area contributed by atoms with E-state index in [0.717, 1.165) is 0 Å². The molecule has 22 heavy (non-hydrogen) atoms. The first-order chi connectivity index (χ1) is 10.3. The Bertz CT molecular complexity index is 769. The van der Waals surface area contributed by atoms with Crippen molar-refractivity contribution in [2.45, 2.75) is 19.8 Å². The molecule has 0 aromatic heterocycles. The molecule has 0 N–H and O–H groups in total. The Kier molecular flexibility index (Phi) is 5.92. The van der Waals surface area contributed by atoms with Crippen LogP contribution in [-0.4, -0.2) is 0 Å². The summed E-state index contributed by atoms with van der Waals surface area (Å²) in [6.45, 7) is 4.41. The molecule has 0 heterocycles. The third-order valence-electron chi connectivity index (χ3n) is 3.88. The molecule has 0 nitrogen and oxygen atoms in total. The average Bonchev–Trinajstić information content (AvgIpc) is 3.15. The maximum absolute atomic E-state index is 2.24. The van der Waals surface area contributed by atoms with Crippen LogP contribution >= 0.6 is 0 Å². The molecule has 0 aliphatic heterocycles. The van der Waals surface area contributed by atoms with Gasteiger partial charge in [0.1, 0.15) is 0 Å². The quantitative estimate of drug-likeness (QED) is 0.351. The number of benzene rings is 2. The molecule has 108 valence electrons. The first kappa shape index (κ1) is 16.9. The van der Waals surface area contributed by atoms with E-state index in [1.807, 2.05) is 0 Å². The Labute approximate surface area is 151 Å². The molecule has 0 radical (unpaired) electrons. The fraction of sp³-hybridized carbons (Fsp3) is 0.143. The fourth-order valence-electron chi connectivity index (χ4n) is 2.68. The van der Waals surface area contributed by atoms with E-state index in [2.05, 4.69) is 92.7 Å². The van der Waals surface area contributed by atoms with Gasteiger partial charge >= 0.3 is 26.2 Å². The van der Waals surface area contributed by atoms with Crippen LogP contribution in [0.15, 0.2) is 78.9 Å². The minimum Gasteiger partial charge on any atom is -0.210 e. The molecule has 0 aliphatic carbocycles. The normalized spacial score (nSPS) is 10.3. The minimum absolute atomic E-state index is 0. The number of rotatable bonds is 1. The van der Waals surface area contributed by atoms with E-state index in [1.165, 1.54) is 27.1 Å². The van der Waals surface area contributed by atoms with Crippen LogP contribution in [0.25, 0.3) is 21.5 Å². The summed E-state index contributed by atoms with van der Waals surface area (Å²) in [4.78, 5) is 0. The van der Waals surface area contributed by atoms with Crippen molar-refractivity contribution in [3.05, 3.63) is 84.4 Å². The Hall–Kier alpha value is -1.46. The monoisotopic (exact) mass is 362 g/mol. The zero-order valence-electron chi connectivity index (χ0n) is 13.1.